The van der Waals surface area contributed by atoms with Gasteiger partial charge in [-0.15, -0.1) is 0 Å². The molecule has 1 atom stereocenters. The third-order valence-corrected chi connectivity index (χ3v) is 3.57. The number of carboxylic acids is 1. The predicted octanol–water partition coefficient (Wildman–Crippen LogP) is 1.15. The number of rotatable bonds is 4. The third kappa shape index (κ3) is 2.73. The van der Waals surface area contributed by atoms with E-state index in [0.29, 0.717) is 11.3 Å². The number of nitrogens with one attached hydrogen (secondary N) is 1. The number of aliphatic carboxylic acids is 1. The highest BCUT2D eigenvalue weighted by molar-refractivity contribution is 5.99. The summed E-state index contributed by atoms with van der Waals surface area (Å²) in [7, 11) is 1.22. The van der Waals surface area contributed by atoms with Crippen molar-refractivity contribution >= 4 is 11.9 Å². The van der Waals surface area contributed by atoms with Gasteiger partial charge in [-0.3, -0.25) is 0 Å². The van der Waals surface area contributed by atoms with Crippen LogP contribution in [0.25, 0.3) is 0 Å². The highest BCUT2D eigenvalue weighted by Gasteiger charge is 2.37. The molecule has 1 unspecified atom stereocenters. The van der Waals surface area contributed by atoms with E-state index in [9.17, 15) is 19.8 Å². The molecular weight excluding hydrogens is 286 g/mol. The van der Waals surface area contributed by atoms with E-state index in [1.165, 1.54) is 7.11 Å². The zero-order chi connectivity index (χ0) is 16.3. The lowest BCUT2D eigenvalue weighted by Gasteiger charge is -2.29. The van der Waals surface area contributed by atoms with Gasteiger partial charge in [-0.1, -0.05) is 30.3 Å². The van der Waals surface area contributed by atoms with Gasteiger partial charge in [-0.25, -0.2) is 9.59 Å². The Morgan fingerprint density at radius 3 is 2.36 bits per heavy atom. The summed E-state index contributed by atoms with van der Waals surface area (Å²) in [5.74, 6) is -2.59. The average Bonchev–Trinajstić information content (AvgIpc) is 2.53. The zero-order valence-corrected chi connectivity index (χ0v) is 12.3. The normalized spacial score (nSPS) is 18.0. The molecule has 116 valence electrons. The number of hydrogen-bond donors (Lipinski definition) is 3. The number of hydrogen-bond acceptors (Lipinski definition) is 5. The fourth-order valence-electron chi connectivity index (χ4n) is 2.63. The summed E-state index contributed by atoms with van der Waals surface area (Å²) in [6, 6.07) is 8.81. The molecule has 2 rings (SSSR count). The van der Waals surface area contributed by atoms with Crippen LogP contribution in [-0.4, -0.2) is 35.9 Å². The monoisotopic (exact) mass is 303 g/mol. The largest absolute Gasteiger partial charge is 0.478 e. The molecular formula is C16H17NO5. The van der Waals surface area contributed by atoms with Crippen molar-refractivity contribution in [3.8, 4) is 0 Å². The highest BCUT2D eigenvalue weighted by Crippen LogP contribution is 2.38. The third-order valence-electron chi connectivity index (χ3n) is 3.57. The Kier molecular flexibility index (Phi) is 4.62. The summed E-state index contributed by atoms with van der Waals surface area (Å²) in [4.78, 5) is 23.8. The van der Waals surface area contributed by atoms with E-state index in [0.717, 1.165) is 0 Å². The van der Waals surface area contributed by atoms with Crippen LogP contribution >= 0.6 is 0 Å². The van der Waals surface area contributed by atoms with Gasteiger partial charge >= 0.3 is 11.9 Å². The molecule has 1 aromatic rings. The Bertz CT molecular complexity index is 660. The van der Waals surface area contributed by atoms with Crippen LogP contribution in [0.2, 0.25) is 0 Å². The van der Waals surface area contributed by atoms with Gasteiger partial charge in [0.25, 0.3) is 0 Å². The Morgan fingerprint density at radius 2 is 1.86 bits per heavy atom. The Labute approximate surface area is 127 Å². The maximum Gasteiger partial charge on any atom is 0.336 e. The van der Waals surface area contributed by atoms with Crippen molar-refractivity contribution < 1.29 is 24.5 Å². The van der Waals surface area contributed by atoms with E-state index < -0.39 is 24.5 Å². The van der Waals surface area contributed by atoms with Crippen LogP contribution in [0.15, 0.2) is 52.9 Å². The highest BCUT2D eigenvalue weighted by atomic mass is 16.5. The van der Waals surface area contributed by atoms with Gasteiger partial charge in [0, 0.05) is 5.70 Å². The summed E-state index contributed by atoms with van der Waals surface area (Å²) < 4.78 is 4.77. The predicted molar refractivity (Wildman–Crippen MR) is 78.8 cm³/mol. The molecule has 22 heavy (non-hydrogen) atoms. The molecule has 0 fully saturated rings. The van der Waals surface area contributed by atoms with Gasteiger partial charge in [0.2, 0.25) is 0 Å². The van der Waals surface area contributed by atoms with Gasteiger partial charge in [0.05, 0.1) is 36.5 Å². The number of esters is 1. The first-order chi connectivity index (χ1) is 10.5. The molecule has 0 radical (unpaired) electrons. The molecule has 3 N–H and O–H groups in total. The number of carbonyl (C=O) groups is 2. The lowest BCUT2D eigenvalue weighted by Crippen LogP contribution is -2.33. The average molecular weight is 303 g/mol. The molecule has 0 aromatic heterocycles. The molecule has 0 amide bonds. The molecule has 0 saturated carbocycles. The van der Waals surface area contributed by atoms with Gasteiger partial charge in [0.15, 0.2) is 0 Å². The minimum atomic E-state index is -1.13. The maximum atomic E-state index is 12.1. The smallest absolute Gasteiger partial charge is 0.336 e. The van der Waals surface area contributed by atoms with E-state index >= 15 is 0 Å². The van der Waals surface area contributed by atoms with Crippen molar-refractivity contribution in [2.75, 3.05) is 13.7 Å². The van der Waals surface area contributed by atoms with E-state index in [-0.39, 0.29) is 16.8 Å². The number of dihydropyridines is 1. The van der Waals surface area contributed by atoms with Crippen molar-refractivity contribution in [2.45, 2.75) is 12.8 Å². The van der Waals surface area contributed by atoms with Crippen LogP contribution in [0.3, 0.4) is 0 Å². The second-order valence-corrected chi connectivity index (χ2v) is 4.85. The number of carboxylic acid groups (broad SMARTS) is 1. The maximum absolute atomic E-state index is 12.1. The summed E-state index contributed by atoms with van der Waals surface area (Å²) >= 11 is 0. The number of benzene rings is 1. The fourth-order valence-corrected chi connectivity index (χ4v) is 2.63. The second kappa shape index (κ2) is 6.44. The van der Waals surface area contributed by atoms with Crippen molar-refractivity contribution in [3.05, 3.63) is 58.4 Å². The van der Waals surface area contributed by atoms with Crippen LogP contribution in [0.5, 0.6) is 0 Å². The Morgan fingerprint density at radius 1 is 1.23 bits per heavy atom. The quantitative estimate of drug-likeness (QED) is 0.722. The van der Waals surface area contributed by atoms with Crippen LogP contribution in [-0.2, 0) is 14.3 Å². The topological polar surface area (TPSA) is 95.9 Å². The zero-order valence-electron chi connectivity index (χ0n) is 12.3. The first-order valence-corrected chi connectivity index (χ1v) is 6.69. The SMILES string of the molecule is COC(=O)C1=C(CO)NC(C)=C(C(=O)O)C1c1ccccc1. The Hall–Kier alpha value is -2.60. The van der Waals surface area contributed by atoms with E-state index in [4.69, 9.17) is 4.74 Å². The van der Waals surface area contributed by atoms with Gasteiger partial charge in [-0.05, 0) is 12.5 Å². The molecule has 1 heterocycles. The summed E-state index contributed by atoms with van der Waals surface area (Å²) in [6.07, 6.45) is 0. The lowest BCUT2D eigenvalue weighted by molar-refractivity contribution is -0.136. The number of carbonyl (C=O) groups excluding carboxylic acids is 1. The summed E-state index contributed by atoms with van der Waals surface area (Å²) in [6.45, 7) is 1.18. The molecule has 0 bridgehead atoms. The van der Waals surface area contributed by atoms with Gasteiger partial charge < -0.3 is 20.3 Å². The Balaban J connectivity index is 2.70. The molecule has 1 aliphatic rings. The number of methoxy groups -OCH3 is 1. The van der Waals surface area contributed by atoms with E-state index in [1.54, 1.807) is 37.3 Å². The molecule has 6 heteroatoms. The van der Waals surface area contributed by atoms with Crippen molar-refractivity contribution in [3.63, 3.8) is 0 Å². The lowest BCUT2D eigenvalue weighted by atomic mass is 9.80. The number of aliphatic hydroxyl groups is 1. The van der Waals surface area contributed by atoms with Crippen LogP contribution < -0.4 is 5.32 Å². The minimum Gasteiger partial charge on any atom is -0.478 e. The summed E-state index contributed by atoms with van der Waals surface area (Å²) in [5.41, 5.74) is 1.45. The first kappa shape index (κ1) is 15.8. The van der Waals surface area contributed by atoms with E-state index in [2.05, 4.69) is 5.32 Å². The fraction of sp³-hybridized carbons (Fsp3) is 0.250. The van der Waals surface area contributed by atoms with Crippen molar-refractivity contribution in [2.24, 2.45) is 0 Å². The molecule has 1 aliphatic heterocycles. The number of allylic oxidation sites excluding steroid dienone is 1. The van der Waals surface area contributed by atoms with Crippen LogP contribution in [0, 0.1) is 0 Å². The van der Waals surface area contributed by atoms with Crippen LogP contribution in [0.4, 0.5) is 0 Å². The molecule has 1 aromatic carbocycles. The number of ether oxygens (including phenoxy) is 1. The second-order valence-electron chi connectivity index (χ2n) is 4.85. The number of aliphatic hydroxyl groups excluding tert-OH is 1. The van der Waals surface area contributed by atoms with Gasteiger partial charge in [-0.2, -0.15) is 0 Å². The van der Waals surface area contributed by atoms with E-state index in [1.807, 2.05) is 0 Å². The molecule has 0 aliphatic carbocycles. The minimum absolute atomic E-state index is 0.0591. The molecule has 0 spiro atoms. The van der Waals surface area contributed by atoms with Gasteiger partial charge in [0.1, 0.15) is 0 Å². The molecule has 6 nitrogen and oxygen atoms in total. The molecule has 0 saturated heterocycles. The van der Waals surface area contributed by atoms with Crippen molar-refractivity contribution in [1.29, 1.82) is 0 Å². The standard InChI is InChI=1S/C16H17NO5/c1-9-12(15(19)20)13(10-6-4-3-5-7-10)14(16(21)22-2)11(8-18)17-9/h3-7,13,17-18H,8H2,1-2H3,(H,19,20). The summed E-state index contributed by atoms with van der Waals surface area (Å²) in [5, 5.41) is 21.8. The first-order valence-electron chi connectivity index (χ1n) is 6.69. The van der Waals surface area contributed by atoms with Crippen LogP contribution in [0.1, 0.15) is 18.4 Å². The van der Waals surface area contributed by atoms with Crippen molar-refractivity contribution in [1.82, 2.24) is 5.32 Å².